The third-order valence-electron chi connectivity index (χ3n) is 5.77. The average molecular weight is 541 g/mol. The van der Waals surface area contributed by atoms with E-state index < -0.39 is 23.5 Å². The van der Waals surface area contributed by atoms with Gasteiger partial charge in [0.1, 0.15) is 22.7 Å². The lowest BCUT2D eigenvalue weighted by atomic mass is 9.81. The fourth-order valence-electron chi connectivity index (χ4n) is 4.23. The number of carbonyl (C=O) groups is 2. The van der Waals surface area contributed by atoms with Crippen LogP contribution in [0.15, 0.2) is 24.3 Å². The Morgan fingerprint density at radius 2 is 0.872 bits per heavy atom. The molecule has 0 amide bonds. The predicted molar refractivity (Wildman–Crippen MR) is 156 cm³/mol. The van der Waals surface area contributed by atoms with Crippen molar-refractivity contribution in [1.82, 2.24) is 0 Å². The first-order chi connectivity index (χ1) is 17.5. The SMILES string of the molecule is Cc1cc(Cc2cc(C)cc(C(C)(C)C)c2OC(=O)OC(C)(C)C)c(OC(=O)OC(C)(C)C)c(C(C)(C)C)c1. The number of hydrogen-bond donors (Lipinski definition) is 0. The van der Waals surface area contributed by atoms with Crippen molar-refractivity contribution >= 4 is 12.3 Å². The summed E-state index contributed by atoms with van der Waals surface area (Å²) in [6.07, 6.45) is -1.16. The molecular formula is C33H48O6. The van der Waals surface area contributed by atoms with Gasteiger partial charge in [-0.25, -0.2) is 9.59 Å². The van der Waals surface area contributed by atoms with E-state index >= 15 is 0 Å². The molecule has 0 bridgehead atoms. The van der Waals surface area contributed by atoms with Crippen LogP contribution in [0.4, 0.5) is 9.59 Å². The Balaban J connectivity index is 2.75. The van der Waals surface area contributed by atoms with Gasteiger partial charge in [-0.15, -0.1) is 0 Å². The van der Waals surface area contributed by atoms with Crippen LogP contribution in [-0.2, 0) is 26.7 Å². The minimum atomic E-state index is -0.761. The third kappa shape index (κ3) is 9.59. The summed E-state index contributed by atoms with van der Waals surface area (Å²) in [5.41, 5.74) is 3.43. The van der Waals surface area contributed by atoms with Crippen molar-refractivity contribution in [3.63, 3.8) is 0 Å². The summed E-state index contributed by atoms with van der Waals surface area (Å²) in [5.74, 6) is 0.925. The van der Waals surface area contributed by atoms with Crippen LogP contribution in [0, 0.1) is 13.8 Å². The molecule has 0 atom stereocenters. The summed E-state index contributed by atoms with van der Waals surface area (Å²) in [5, 5.41) is 0. The van der Waals surface area contributed by atoms with E-state index in [2.05, 4.69) is 41.5 Å². The first kappa shape index (κ1) is 32.2. The summed E-state index contributed by atoms with van der Waals surface area (Å²) in [6, 6.07) is 8.09. The molecule has 0 aliphatic heterocycles. The first-order valence-corrected chi connectivity index (χ1v) is 13.6. The van der Waals surface area contributed by atoms with Crippen LogP contribution in [-0.4, -0.2) is 23.5 Å². The molecule has 2 aromatic carbocycles. The molecule has 6 heteroatoms. The maximum Gasteiger partial charge on any atom is 0.514 e. The van der Waals surface area contributed by atoms with E-state index in [-0.39, 0.29) is 10.8 Å². The van der Waals surface area contributed by atoms with E-state index in [0.717, 1.165) is 33.4 Å². The number of rotatable bonds is 4. The van der Waals surface area contributed by atoms with E-state index in [4.69, 9.17) is 18.9 Å². The smallest absolute Gasteiger partial charge is 0.428 e. The van der Waals surface area contributed by atoms with Gasteiger partial charge in [0.15, 0.2) is 0 Å². The number of carbonyl (C=O) groups excluding carboxylic acids is 2. The highest BCUT2D eigenvalue weighted by atomic mass is 16.7. The molecular weight excluding hydrogens is 492 g/mol. The van der Waals surface area contributed by atoms with Crippen LogP contribution >= 0.6 is 0 Å². The van der Waals surface area contributed by atoms with Crippen LogP contribution in [0.5, 0.6) is 11.5 Å². The van der Waals surface area contributed by atoms with Crippen molar-refractivity contribution in [2.75, 3.05) is 0 Å². The number of hydrogen-bond acceptors (Lipinski definition) is 6. The molecule has 0 radical (unpaired) electrons. The van der Waals surface area contributed by atoms with Crippen LogP contribution < -0.4 is 9.47 Å². The fourth-order valence-corrected chi connectivity index (χ4v) is 4.23. The molecule has 0 spiro atoms. The number of ether oxygens (including phenoxy) is 4. The van der Waals surface area contributed by atoms with Crippen LogP contribution in [0.3, 0.4) is 0 Å². The van der Waals surface area contributed by atoms with Crippen molar-refractivity contribution in [3.8, 4) is 11.5 Å². The molecule has 0 aromatic heterocycles. The Kier molecular flexibility index (Phi) is 9.27. The third-order valence-corrected chi connectivity index (χ3v) is 5.77. The van der Waals surface area contributed by atoms with Crippen molar-refractivity contribution in [1.29, 1.82) is 0 Å². The lowest BCUT2D eigenvalue weighted by Crippen LogP contribution is -2.28. The molecule has 0 fully saturated rings. The summed E-state index contributed by atoms with van der Waals surface area (Å²) >= 11 is 0. The van der Waals surface area contributed by atoms with Gasteiger partial charge in [0, 0.05) is 28.7 Å². The van der Waals surface area contributed by atoms with E-state index in [1.165, 1.54) is 0 Å². The van der Waals surface area contributed by atoms with Gasteiger partial charge in [-0.2, -0.15) is 0 Å². The zero-order valence-electron chi connectivity index (χ0n) is 26.5. The quantitative estimate of drug-likeness (QED) is 0.284. The summed E-state index contributed by atoms with van der Waals surface area (Å²) in [7, 11) is 0. The van der Waals surface area contributed by atoms with Gasteiger partial charge in [-0.3, -0.25) is 0 Å². The second-order valence-corrected chi connectivity index (χ2v) is 14.4. The van der Waals surface area contributed by atoms with Crippen molar-refractivity contribution in [2.45, 2.75) is 125 Å². The zero-order chi connectivity index (χ0) is 30.1. The molecule has 0 saturated carbocycles. The largest absolute Gasteiger partial charge is 0.514 e. The highest BCUT2D eigenvalue weighted by Gasteiger charge is 2.30. The lowest BCUT2D eigenvalue weighted by Gasteiger charge is -2.28. The molecule has 216 valence electrons. The standard InChI is InChI=1S/C33H48O6/c1-20-15-22(26(24(17-20)30(3,4)5)36-28(34)38-32(9,10)11)19-23-16-21(2)18-25(31(6,7)8)27(23)37-29(35)39-33(12,13)14/h15-18H,19H2,1-14H3. The Morgan fingerprint density at radius 1 is 0.564 bits per heavy atom. The number of benzene rings is 2. The van der Waals surface area contributed by atoms with E-state index in [9.17, 15) is 9.59 Å². The van der Waals surface area contributed by atoms with E-state index in [0.29, 0.717) is 17.9 Å². The highest BCUT2D eigenvalue weighted by Crippen LogP contribution is 2.41. The molecule has 39 heavy (non-hydrogen) atoms. The molecule has 0 unspecified atom stereocenters. The van der Waals surface area contributed by atoms with Crippen LogP contribution in [0.25, 0.3) is 0 Å². The molecule has 0 saturated heterocycles. The molecule has 0 N–H and O–H groups in total. The molecule has 0 aliphatic rings. The normalized spacial score (nSPS) is 12.7. The minimum Gasteiger partial charge on any atom is -0.428 e. The minimum absolute atomic E-state index is 0.308. The van der Waals surface area contributed by atoms with Gasteiger partial charge in [0.2, 0.25) is 0 Å². The second-order valence-electron chi connectivity index (χ2n) is 14.4. The molecule has 2 aromatic rings. The topological polar surface area (TPSA) is 71.1 Å². The maximum atomic E-state index is 12.9. The van der Waals surface area contributed by atoms with E-state index in [1.54, 1.807) is 41.5 Å². The summed E-state index contributed by atoms with van der Waals surface area (Å²) in [6.45, 7) is 27.3. The molecule has 2 rings (SSSR count). The number of aryl methyl sites for hydroxylation is 2. The monoisotopic (exact) mass is 540 g/mol. The van der Waals surface area contributed by atoms with Crippen molar-refractivity contribution in [3.05, 3.63) is 57.6 Å². The van der Waals surface area contributed by atoms with Gasteiger partial charge < -0.3 is 18.9 Å². The molecule has 6 nitrogen and oxygen atoms in total. The zero-order valence-corrected chi connectivity index (χ0v) is 26.5. The van der Waals surface area contributed by atoms with Crippen molar-refractivity contribution < 1.29 is 28.5 Å². The molecule has 0 aliphatic carbocycles. The summed E-state index contributed by atoms with van der Waals surface area (Å²) < 4.78 is 22.9. The van der Waals surface area contributed by atoms with Crippen LogP contribution in [0.1, 0.15) is 116 Å². The van der Waals surface area contributed by atoms with Gasteiger partial charge in [0.05, 0.1) is 0 Å². The maximum absolute atomic E-state index is 12.9. The fraction of sp³-hybridized carbons (Fsp3) is 0.576. The lowest BCUT2D eigenvalue weighted by molar-refractivity contribution is 0.0190. The highest BCUT2D eigenvalue weighted by molar-refractivity contribution is 5.69. The Hall–Kier alpha value is -3.02. The second kappa shape index (κ2) is 11.2. The predicted octanol–water partition coefficient (Wildman–Crippen LogP) is 9.12. The van der Waals surface area contributed by atoms with E-state index in [1.807, 2.05) is 38.1 Å². The van der Waals surface area contributed by atoms with Crippen LogP contribution in [0.2, 0.25) is 0 Å². The van der Waals surface area contributed by atoms with Gasteiger partial charge in [0.25, 0.3) is 0 Å². The van der Waals surface area contributed by atoms with Gasteiger partial charge in [-0.1, -0.05) is 76.9 Å². The first-order valence-electron chi connectivity index (χ1n) is 13.6. The van der Waals surface area contributed by atoms with Crippen molar-refractivity contribution in [2.24, 2.45) is 0 Å². The average Bonchev–Trinajstić information content (AvgIpc) is 2.67. The molecule has 0 heterocycles. The van der Waals surface area contributed by atoms with Gasteiger partial charge in [-0.05, 0) is 66.2 Å². The Bertz CT molecular complexity index is 1120. The van der Waals surface area contributed by atoms with Gasteiger partial charge >= 0.3 is 12.3 Å². The Labute approximate surface area is 235 Å². The summed E-state index contributed by atoms with van der Waals surface area (Å²) in [4.78, 5) is 25.7. The Morgan fingerprint density at radius 3 is 1.13 bits per heavy atom.